The number of carboxylic acid groups (broad SMARTS) is 1. The van der Waals surface area contributed by atoms with E-state index in [1.54, 1.807) is 25.2 Å². The number of phenolic OH excluding ortho intramolecular Hbond substituents is 1. The molecule has 2 aliphatic heterocycles. The van der Waals surface area contributed by atoms with Gasteiger partial charge in [0.1, 0.15) is 22.0 Å². The first kappa shape index (κ1) is 31.1. The van der Waals surface area contributed by atoms with Crippen LogP contribution < -0.4 is 5.73 Å². The van der Waals surface area contributed by atoms with E-state index in [0.717, 1.165) is 40.6 Å². The molecule has 0 saturated carbocycles. The molecule has 2 aromatic carbocycles. The SMILES string of the molecule is Cn1nnnc1SCC1=C(C(=O)O)N2C(=O)C(N(C(=O)[C@H](N)c3ccccc3)S(=O)(=O)c3cc(Cl)cc(Cl)c3O)[C@H]2SC1. The number of hydrogen-bond acceptors (Lipinski definition) is 12. The third-order valence-corrected chi connectivity index (χ3v) is 11.3. The minimum Gasteiger partial charge on any atom is -0.505 e. The van der Waals surface area contributed by atoms with Crippen molar-refractivity contribution in [2.24, 2.45) is 12.8 Å². The second-order valence-corrected chi connectivity index (χ2v) is 13.9. The lowest BCUT2D eigenvalue weighted by Gasteiger charge is -2.52. The molecular weight excluding hydrogens is 665 g/mol. The van der Waals surface area contributed by atoms with Crippen LogP contribution in [0.1, 0.15) is 11.6 Å². The highest BCUT2D eigenvalue weighted by Gasteiger charge is 2.60. The molecule has 1 fully saturated rings. The molecule has 3 heterocycles. The van der Waals surface area contributed by atoms with Gasteiger partial charge < -0.3 is 15.9 Å². The molecule has 0 spiro atoms. The maximum Gasteiger partial charge on any atom is 0.352 e. The number of β-lactam (4-membered cyclic amide) rings is 1. The Kier molecular flexibility index (Phi) is 8.65. The van der Waals surface area contributed by atoms with Crippen molar-refractivity contribution >= 4 is 74.5 Å². The van der Waals surface area contributed by atoms with Crippen LogP contribution in [0.15, 0.2) is 63.8 Å². The molecule has 0 aliphatic carbocycles. The van der Waals surface area contributed by atoms with Gasteiger partial charge in [-0.15, -0.1) is 16.9 Å². The van der Waals surface area contributed by atoms with Gasteiger partial charge in [0.15, 0.2) is 11.8 Å². The number of hydrogen-bond donors (Lipinski definition) is 3. The molecule has 3 atom stereocenters. The molecule has 226 valence electrons. The lowest BCUT2D eigenvalue weighted by atomic mass is 10.0. The molecule has 5 rings (SSSR count). The Bertz CT molecular complexity index is 1770. The van der Waals surface area contributed by atoms with Crippen LogP contribution in [0, 0.1) is 0 Å². The van der Waals surface area contributed by atoms with Crippen LogP contribution in [-0.4, -0.2) is 88.7 Å². The number of nitrogens with zero attached hydrogens (tertiary/aromatic N) is 6. The highest BCUT2D eigenvalue weighted by atomic mass is 35.5. The zero-order chi connectivity index (χ0) is 31.2. The van der Waals surface area contributed by atoms with Gasteiger partial charge in [0, 0.05) is 23.6 Å². The van der Waals surface area contributed by atoms with E-state index in [4.69, 9.17) is 28.9 Å². The van der Waals surface area contributed by atoms with Gasteiger partial charge >= 0.3 is 5.97 Å². The number of fused-ring (bicyclic) bond motifs is 1. The van der Waals surface area contributed by atoms with Gasteiger partial charge in [-0.05, 0) is 33.7 Å². The van der Waals surface area contributed by atoms with Gasteiger partial charge in [-0.3, -0.25) is 14.5 Å². The molecule has 2 amide bonds. The molecule has 2 aliphatic rings. The van der Waals surface area contributed by atoms with Crippen molar-refractivity contribution in [3.8, 4) is 5.75 Å². The molecule has 1 unspecified atom stereocenters. The number of halogens is 2. The van der Waals surface area contributed by atoms with Gasteiger partial charge in [0.2, 0.25) is 5.16 Å². The average Bonchev–Trinajstić information content (AvgIpc) is 3.39. The Balaban J connectivity index is 1.56. The standard InChI is InChI=1S/C24H21Cl2N7O7S3/c1-31-24(28-29-30-31)42-10-12-9-41-22-18(21(36)32(22)17(12)23(37)38)33(20(35)16(27)11-5-3-2-4-6-11)43(39,40)15-8-13(25)7-14(26)19(15)34/h2-8,16,18,22,34H,9-10,27H2,1H3,(H,37,38)/t16-,18?,22-/m1/s1. The van der Waals surface area contributed by atoms with Gasteiger partial charge in [-0.2, -0.15) is 0 Å². The fourth-order valence-corrected chi connectivity index (χ4v) is 9.31. The number of aliphatic carboxylic acids is 1. The number of thioether (sulfide) groups is 2. The van der Waals surface area contributed by atoms with Crippen molar-refractivity contribution in [1.82, 2.24) is 29.4 Å². The fourth-order valence-electron chi connectivity index (χ4n) is 4.54. The van der Waals surface area contributed by atoms with Crippen molar-refractivity contribution in [2.75, 3.05) is 11.5 Å². The van der Waals surface area contributed by atoms with Crippen LogP contribution >= 0.6 is 46.7 Å². The highest BCUT2D eigenvalue weighted by molar-refractivity contribution is 8.01. The summed E-state index contributed by atoms with van der Waals surface area (Å²) in [6.45, 7) is 0. The van der Waals surface area contributed by atoms with E-state index in [1.807, 2.05) is 0 Å². The number of amides is 2. The number of aryl methyl sites for hydroxylation is 1. The summed E-state index contributed by atoms with van der Waals surface area (Å²) in [5.41, 5.74) is 6.50. The molecule has 19 heteroatoms. The normalized spacial score (nSPS) is 19.1. The summed E-state index contributed by atoms with van der Waals surface area (Å²) in [6.07, 6.45) is 0. The second kappa shape index (κ2) is 12.0. The van der Waals surface area contributed by atoms with E-state index >= 15 is 0 Å². The van der Waals surface area contributed by atoms with Crippen molar-refractivity contribution in [3.63, 3.8) is 0 Å². The Morgan fingerprint density at radius 1 is 1.26 bits per heavy atom. The number of aromatic nitrogens is 4. The number of carboxylic acids is 1. The molecular formula is C24H21Cl2N7O7S3. The first-order valence-electron chi connectivity index (χ1n) is 12.2. The Labute approximate surface area is 262 Å². The second-order valence-electron chi connectivity index (χ2n) is 9.25. The molecule has 0 radical (unpaired) electrons. The lowest BCUT2D eigenvalue weighted by Crippen LogP contribution is -2.72. The van der Waals surface area contributed by atoms with E-state index in [1.165, 1.54) is 16.8 Å². The van der Waals surface area contributed by atoms with Crippen molar-refractivity contribution in [1.29, 1.82) is 0 Å². The summed E-state index contributed by atoms with van der Waals surface area (Å²) in [5.74, 6) is -4.24. The number of aromatic hydroxyl groups is 1. The number of carbonyl (C=O) groups excluding carboxylic acids is 2. The largest absolute Gasteiger partial charge is 0.505 e. The third kappa shape index (κ3) is 5.56. The maximum absolute atomic E-state index is 14.1. The third-order valence-electron chi connectivity index (χ3n) is 6.60. The molecule has 43 heavy (non-hydrogen) atoms. The molecule has 3 aromatic rings. The van der Waals surface area contributed by atoms with Crippen molar-refractivity contribution < 1.29 is 33.0 Å². The summed E-state index contributed by atoms with van der Waals surface area (Å²) < 4.78 is 29.8. The Hall–Kier alpha value is -3.35. The monoisotopic (exact) mass is 685 g/mol. The van der Waals surface area contributed by atoms with Crippen molar-refractivity contribution in [3.05, 3.63) is 69.3 Å². The number of phenols is 1. The topological polar surface area (TPSA) is 202 Å². The predicted molar refractivity (Wildman–Crippen MR) is 157 cm³/mol. The summed E-state index contributed by atoms with van der Waals surface area (Å²) in [5, 5.41) is 30.5. The molecule has 0 bridgehead atoms. The average molecular weight is 687 g/mol. The lowest BCUT2D eigenvalue weighted by molar-refractivity contribution is -0.155. The van der Waals surface area contributed by atoms with E-state index in [9.17, 15) is 33.0 Å². The summed E-state index contributed by atoms with van der Waals surface area (Å²) in [6, 6.07) is 6.64. The summed E-state index contributed by atoms with van der Waals surface area (Å²) in [7, 11) is -3.42. The zero-order valence-corrected chi connectivity index (χ0v) is 25.8. The smallest absolute Gasteiger partial charge is 0.352 e. The van der Waals surface area contributed by atoms with E-state index in [-0.39, 0.29) is 27.8 Å². The quantitative estimate of drug-likeness (QED) is 0.218. The van der Waals surface area contributed by atoms with Crippen molar-refractivity contribution in [2.45, 2.75) is 27.5 Å². The number of sulfonamides is 1. The van der Waals surface area contributed by atoms with Gasteiger partial charge in [0.25, 0.3) is 21.8 Å². The van der Waals surface area contributed by atoms with Crippen LogP contribution in [0.25, 0.3) is 0 Å². The summed E-state index contributed by atoms with van der Waals surface area (Å²) >= 11 is 14.2. The molecule has 14 nitrogen and oxygen atoms in total. The number of tetrazole rings is 1. The zero-order valence-electron chi connectivity index (χ0n) is 21.9. The number of benzene rings is 2. The van der Waals surface area contributed by atoms with Crippen LogP contribution in [0.3, 0.4) is 0 Å². The van der Waals surface area contributed by atoms with E-state index in [0.29, 0.717) is 15.0 Å². The van der Waals surface area contributed by atoms with E-state index in [2.05, 4.69) is 15.5 Å². The van der Waals surface area contributed by atoms with Crippen LogP contribution in [-0.2, 0) is 31.5 Å². The molecule has 4 N–H and O–H groups in total. The Morgan fingerprint density at radius 3 is 2.58 bits per heavy atom. The first-order chi connectivity index (χ1) is 20.3. The highest BCUT2D eigenvalue weighted by Crippen LogP contribution is 2.46. The summed E-state index contributed by atoms with van der Waals surface area (Å²) in [4.78, 5) is 40.1. The predicted octanol–water partition coefficient (Wildman–Crippen LogP) is 1.85. The Morgan fingerprint density at radius 2 is 1.95 bits per heavy atom. The maximum atomic E-state index is 14.1. The number of carbonyl (C=O) groups is 3. The number of rotatable bonds is 9. The number of nitrogens with two attached hydrogens (primary N) is 1. The minimum absolute atomic E-state index is 0.0892. The van der Waals surface area contributed by atoms with Crippen LogP contribution in [0.4, 0.5) is 0 Å². The van der Waals surface area contributed by atoms with E-state index < -0.39 is 60.9 Å². The molecule has 1 saturated heterocycles. The van der Waals surface area contributed by atoms with Crippen LogP contribution in [0.2, 0.25) is 10.0 Å². The molecule has 1 aromatic heterocycles. The van der Waals surface area contributed by atoms with Gasteiger partial charge in [0.05, 0.1) is 5.02 Å². The van der Waals surface area contributed by atoms with Gasteiger partial charge in [-0.25, -0.2) is 22.2 Å². The fraction of sp³-hybridized carbons (Fsp3) is 0.250. The van der Waals surface area contributed by atoms with Crippen LogP contribution in [0.5, 0.6) is 5.75 Å². The minimum atomic E-state index is -5.04. The first-order valence-corrected chi connectivity index (χ1v) is 16.4. The van der Waals surface area contributed by atoms with Gasteiger partial charge in [-0.1, -0.05) is 65.3 Å².